The number of thiophene rings is 1. The van der Waals surface area contributed by atoms with Crippen molar-refractivity contribution in [3.8, 4) is 5.75 Å². The number of carbonyl (C=O) groups is 1. The van der Waals surface area contributed by atoms with Crippen LogP contribution in [0.25, 0.3) is 0 Å². The van der Waals surface area contributed by atoms with Gasteiger partial charge in [0.05, 0.1) is 17.1 Å². The molecule has 0 fully saturated rings. The maximum Gasteiger partial charge on any atom is 0.264 e. The van der Waals surface area contributed by atoms with Gasteiger partial charge >= 0.3 is 0 Å². The SMILES string of the molecule is Cc1cccc(C)c1OCc1csc(C(=O)N(C)Cc2ccnn2C)c1. The molecule has 136 valence electrons. The first-order chi connectivity index (χ1) is 12.5. The molecule has 3 rings (SSSR count). The first kappa shape index (κ1) is 18.2. The fourth-order valence-corrected chi connectivity index (χ4v) is 3.70. The van der Waals surface area contributed by atoms with Crippen molar-refractivity contribution >= 4 is 17.2 Å². The molecule has 6 heteroatoms. The number of carbonyl (C=O) groups excluding carboxylic acids is 1. The molecule has 0 spiro atoms. The van der Waals surface area contributed by atoms with Gasteiger partial charge in [-0.25, -0.2) is 0 Å². The normalized spacial score (nSPS) is 10.8. The van der Waals surface area contributed by atoms with Crippen molar-refractivity contribution in [2.75, 3.05) is 7.05 Å². The molecule has 2 aromatic heterocycles. The number of hydrogen-bond donors (Lipinski definition) is 0. The van der Waals surface area contributed by atoms with E-state index in [1.165, 1.54) is 11.3 Å². The molecule has 0 aliphatic heterocycles. The van der Waals surface area contributed by atoms with Crippen LogP contribution in [0, 0.1) is 13.8 Å². The van der Waals surface area contributed by atoms with Gasteiger partial charge in [-0.1, -0.05) is 18.2 Å². The lowest BCUT2D eigenvalue weighted by Crippen LogP contribution is -2.26. The quantitative estimate of drug-likeness (QED) is 0.661. The van der Waals surface area contributed by atoms with Crippen LogP contribution in [0.2, 0.25) is 0 Å². The summed E-state index contributed by atoms with van der Waals surface area (Å²) in [6.07, 6.45) is 1.74. The number of ether oxygens (including phenoxy) is 1. The van der Waals surface area contributed by atoms with Crippen molar-refractivity contribution < 1.29 is 9.53 Å². The average Bonchev–Trinajstić information content (AvgIpc) is 3.23. The zero-order chi connectivity index (χ0) is 18.7. The van der Waals surface area contributed by atoms with Gasteiger partial charge < -0.3 is 9.64 Å². The van der Waals surface area contributed by atoms with Crippen LogP contribution < -0.4 is 4.74 Å². The summed E-state index contributed by atoms with van der Waals surface area (Å²) in [6.45, 7) is 5.07. The van der Waals surface area contributed by atoms with Crippen molar-refractivity contribution in [3.63, 3.8) is 0 Å². The van der Waals surface area contributed by atoms with Gasteiger partial charge in [0.15, 0.2) is 0 Å². The number of nitrogens with zero attached hydrogens (tertiary/aromatic N) is 3. The van der Waals surface area contributed by atoms with E-state index in [0.717, 1.165) is 33.0 Å². The highest BCUT2D eigenvalue weighted by Crippen LogP contribution is 2.25. The number of benzene rings is 1. The number of hydrogen-bond acceptors (Lipinski definition) is 4. The maximum atomic E-state index is 12.6. The molecule has 26 heavy (non-hydrogen) atoms. The zero-order valence-electron chi connectivity index (χ0n) is 15.5. The number of rotatable bonds is 6. The molecule has 1 amide bonds. The van der Waals surface area contributed by atoms with Crippen LogP contribution in [0.1, 0.15) is 32.1 Å². The van der Waals surface area contributed by atoms with E-state index in [1.54, 1.807) is 15.8 Å². The molecule has 1 aromatic carbocycles. The summed E-state index contributed by atoms with van der Waals surface area (Å²) in [4.78, 5) is 15.1. The lowest BCUT2D eigenvalue weighted by atomic mass is 10.1. The van der Waals surface area contributed by atoms with E-state index < -0.39 is 0 Å². The molecule has 0 aliphatic rings. The highest BCUT2D eigenvalue weighted by molar-refractivity contribution is 7.12. The molecule has 0 saturated carbocycles. The van der Waals surface area contributed by atoms with Crippen molar-refractivity contribution in [2.45, 2.75) is 27.0 Å². The van der Waals surface area contributed by atoms with Crippen LogP contribution in [0.3, 0.4) is 0 Å². The Bertz CT molecular complexity index is 893. The van der Waals surface area contributed by atoms with E-state index in [-0.39, 0.29) is 5.91 Å². The first-order valence-corrected chi connectivity index (χ1v) is 9.32. The average molecular weight is 369 g/mol. The zero-order valence-corrected chi connectivity index (χ0v) is 16.3. The molecule has 5 nitrogen and oxygen atoms in total. The van der Waals surface area contributed by atoms with Crippen LogP contribution in [0.5, 0.6) is 5.75 Å². The molecule has 3 aromatic rings. The fourth-order valence-electron chi connectivity index (χ4n) is 2.81. The molecule has 0 aliphatic carbocycles. The van der Waals surface area contributed by atoms with E-state index >= 15 is 0 Å². The Labute approximate surface area is 157 Å². The van der Waals surface area contributed by atoms with Gasteiger partial charge in [0.1, 0.15) is 12.4 Å². The Balaban J connectivity index is 1.63. The van der Waals surface area contributed by atoms with Crippen LogP contribution in [-0.4, -0.2) is 27.6 Å². The third-order valence-corrected chi connectivity index (χ3v) is 5.29. The minimum atomic E-state index is 0.00882. The van der Waals surface area contributed by atoms with Gasteiger partial charge in [-0.05, 0) is 42.5 Å². The van der Waals surface area contributed by atoms with E-state index in [9.17, 15) is 4.79 Å². The topological polar surface area (TPSA) is 47.4 Å². The summed E-state index contributed by atoms with van der Waals surface area (Å²) in [6, 6.07) is 9.94. The van der Waals surface area contributed by atoms with Gasteiger partial charge in [-0.2, -0.15) is 5.10 Å². The molecule has 0 saturated heterocycles. The van der Waals surface area contributed by atoms with Gasteiger partial charge in [-0.15, -0.1) is 11.3 Å². The van der Waals surface area contributed by atoms with E-state index in [2.05, 4.69) is 5.10 Å². The molecule has 0 radical (unpaired) electrons. The van der Waals surface area contributed by atoms with Crippen LogP contribution >= 0.6 is 11.3 Å². The van der Waals surface area contributed by atoms with Crippen molar-refractivity contribution in [2.24, 2.45) is 7.05 Å². The highest BCUT2D eigenvalue weighted by Gasteiger charge is 2.16. The van der Waals surface area contributed by atoms with Crippen LogP contribution in [0.15, 0.2) is 41.9 Å². The van der Waals surface area contributed by atoms with Crippen LogP contribution in [0.4, 0.5) is 0 Å². The van der Waals surface area contributed by atoms with E-state index in [1.807, 2.05) is 63.7 Å². The summed E-state index contributed by atoms with van der Waals surface area (Å²) >= 11 is 1.45. The second-order valence-electron chi connectivity index (χ2n) is 6.44. The first-order valence-electron chi connectivity index (χ1n) is 8.44. The Morgan fingerprint density at radius 2 is 2.00 bits per heavy atom. The molecule has 0 atom stereocenters. The minimum absolute atomic E-state index is 0.00882. The predicted octanol–water partition coefficient (Wildman–Crippen LogP) is 3.95. The van der Waals surface area contributed by atoms with Gasteiger partial charge in [0.25, 0.3) is 5.91 Å². The summed E-state index contributed by atoms with van der Waals surface area (Å²) in [5, 5.41) is 6.12. The summed E-state index contributed by atoms with van der Waals surface area (Å²) < 4.78 is 7.76. The standard InChI is InChI=1S/C20H23N3O2S/c1-14-6-5-7-15(2)19(14)25-12-16-10-18(26-13-16)20(24)22(3)11-17-8-9-21-23(17)4/h5-10,13H,11-12H2,1-4H3. The summed E-state index contributed by atoms with van der Waals surface area (Å²) in [7, 11) is 3.68. The minimum Gasteiger partial charge on any atom is -0.488 e. The molecular formula is C20H23N3O2S. The number of aryl methyl sites for hydroxylation is 3. The molecule has 2 heterocycles. The Kier molecular flexibility index (Phi) is 5.42. The number of para-hydroxylation sites is 1. The number of aromatic nitrogens is 2. The van der Waals surface area contributed by atoms with Gasteiger partial charge in [0.2, 0.25) is 0 Å². The van der Waals surface area contributed by atoms with Crippen molar-refractivity contribution in [1.29, 1.82) is 0 Å². The lowest BCUT2D eigenvalue weighted by molar-refractivity contribution is 0.0786. The monoisotopic (exact) mass is 369 g/mol. The summed E-state index contributed by atoms with van der Waals surface area (Å²) in [5.74, 6) is 0.925. The Morgan fingerprint density at radius 3 is 2.65 bits per heavy atom. The molecular weight excluding hydrogens is 346 g/mol. The highest BCUT2D eigenvalue weighted by atomic mass is 32.1. The van der Waals surface area contributed by atoms with Gasteiger partial charge in [0, 0.05) is 25.9 Å². The fraction of sp³-hybridized carbons (Fsp3) is 0.300. The van der Waals surface area contributed by atoms with Gasteiger partial charge in [-0.3, -0.25) is 9.48 Å². The Hall–Kier alpha value is -2.60. The smallest absolute Gasteiger partial charge is 0.264 e. The third-order valence-electron chi connectivity index (χ3n) is 4.32. The second kappa shape index (κ2) is 7.74. The molecule has 0 unspecified atom stereocenters. The second-order valence-corrected chi connectivity index (χ2v) is 7.35. The third kappa shape index (κ3) is 3.96. The summed E-state index contributed by atoms with van der Waals surface area (Å²) in [5.41, 5.74) is 4.24. The maximum absolute atomic E-state index is 12.6. The molecule has 0 bridgehead atoms. The van der Waals surface area contributed by atoms with E-state index in [4.69, 9.17) is 4.74 Å². The van der Waals surface area contributed by atoms with Crippen molar-refractivity contribution in [3.05, 3.63) is 69.2 Å². The number of amides is 1. The van der Waals surface area contributed by atoms with Crippen molar-refractivity contribution in [1.82, 2.24) is 14.7 Å². The lowest BCUT2D eigenvalue weighted by Gasteiger charge is -2.16. The molecule has 0 N–H and O–H groups in total. The van der Waals surface area contributed by atoms with E-state index in [0.29, 0.717) is 13.2 Å². The largest absolute Gasteiger partial charge is 0.488 e. The predicted molar refractivity (Wildman–Crippen MR) is 104 cm³/mol. The van der Waals surface area contributed by atoms with Crippen LogP contribution in [-0.2, 0) is 20.2 Å². The Morgan fingerprint density at radius 1 is 1.27 bits per heavy atom.